The Balaban J connectivity index is 2.67. The number of carbonyl (C=O) groups excluding carboxylic acids is 1. The third-order valence-electron chi connectivity index (χ3n) is 2.55. The molecule has 1 N–H and O–H groups in total. The maximum absolute atomic E-state index is 11.7. The second-order valence-corrected chi connectivity index (χ2v) is 6.05. The van der Waals surface area contributed by atoms with E-state index in [1.54, 1.807) is 0 Å². The molecule has 1 aromatic rings. The summed E-state index contributed by atoms with van der Waals surface area (Å²) in [5.74, 6) is 0.886. The van der Waals surface area contributed by atoms with Gasteiger partial charge in [-0.2, -0.15) is 12.6 Å². The summed E-state index contributed by atoms with van der Waals surface area (Å²) in [6.45, 7) is 7.52. The number of carbonyl (C=O) groups is 1. The molecule has 0 spiro atoms. The Morgan fingerprint density at radius 1 is 1.37 bits per heavy atom. The second-order valence-electron chi connectivity index (χ2n) is 5.60. The molecule has 1 aromatic carbocycles. The van der Waals surface area contributed by atoms with Crippen molar-refractivity contribution < 1.29 is 9.53 Å². The van der Waals surface area contributed by atoms with Crippen molar-refractivity contribution in [2.75, 3.05) is 11.1 Å². The molecule has 4 heteroatoms. The van der Waals surface area contributed by atoms with E-state index in [4.69, 9.17) is 4.74 Å². The topological polar surface area (TPSA) is 38.3 Å². The smallest absolute Gasteiger partial charge is 0.412 e. The molecule has 0 atom stereocenters. The van der Waals surface area contributed by atoms with Gasteiger partial charge in [-0.1, -0.05) is 12.1 Å². The van der Waals surface area contributed by atoms with Crippen molar-refractivity contribution in [2.45, 2.75) is 46.1 Å². The molecule has 1 rings (SSSR count). The minimum absolute atomic E-state index is 0.418. The number of rotatable bonds is 4. The lowest BCUT2D eigenvalue weighted by atomic mass is 10.1. The largest absolute Gasteiger partial charge is 0.444 e. The molecule has 19 heavy (non-hydrogen) atoms. The van der Waals surface area contributed by atoms with Gasteiger partial charge in [-0.05, 0) is 63.5 Å². The van der Waals surface area contributed by atoms with Gasteiger partial charge in [0.15, 0.2) is 0 Å². The Morgan fingerprint density at radius 2 is 2.05 bits per heavy atom. The van der Waals surface area contributed by atoms with E-state index >= 15 is 0 Å². The summed E-state index contributed by atoms with van der Waals surface area (Å²) in [4.78, 5) is 11.7. The molecule has 0 saturated carbocycles. The molecular weight excluding hydrogens is 258 g/mol. The van der Waals surface area contributed by atoms with E-state index in [0.717, 1.165) is 29.8 Å². The van der Waals surface area contributed by atoms with Crippen molar-refractivity contribution >= 4 is 24.4 Å². The molecule has 0 radical (unpaired) electrons. The molecule has 0 aliphatic carbocycles. The molecular formula is C15H23NO2S. The lowest BCUT2D eigenvalue weighted by molar-refractivity contribution is 0.0636. The van der Waals surface area contributed by atoms with Crippen LogP contribution in [0.1, 0.15) is 38.3 Å². The normalized spacial score (nSPS) is 11.2. The first-order chi connectivity index (χ1) is 8.81. The minimum Gasteiger partial charge on any atom is -0.444 e. The van der Waals surface area contributed by atoms with Crippen molar-refractivity contribution in [3.8, 4) is 0 Å². The highest BCUT2D eigenvalue weighted by Crippen LogP contribution is 2.19. The molecule has 0 heterocycles. The number of hydrogen-bond acceptors (Lipinski definition) is 3. The van der Waals surface area contributed by atoms with E-state index < -0.39 is 11.7 Å². The van der Waals surface area contributed by atoms with E-state index in [2.05, 4.69) is 24.0 Å². The SMILES string of the molecule is Cc1cc(CCCS)ccc1NC(=O)OC(C)(C)C. The van der Waals surface area contributed by atoms with Gasteiger partial charge < -0.3 is 4.74 Å². The second kappa shape index (κ2) is 6.85. The van der Waals surface area contributed by atoms with E-state index in [0.29, 0.717) is 0 Å². The van der Waals surface area contributed by atoms with Crippen LogP contribution in [0, 0.1) is 6.92 Å². The number of anilines is 1. The summed E-state index contributed by atoms with van der Waals surface area (Å²) in [5, 5.41) is 2.77. The van der Waals surface area contributed by atoms with Gasteiger partial charge in [-0.25, -0.2) is 4.79 Å². The highest BCUT2D eigenvalue weighted by atomic mass is 32.1. The van der Waals surface area contributed by atoms with Crippen molar-refractivity contribution in [3.05, 3.63) is 29.3 Å². The van der Waals surface area contributed by atoms with E-state index in [1.807, 2.05) is 39.8 Å². The highest BCUT2D eigenvalue weighted by Gasteiger charge is 2.16. The van der Waals surface area contributed by atoms with Crippen LogP contribution in [-0.2, 0) is 11.2 Å². The van der Waals surface area contributed by atoms with Crippen LogP contribution in [-0.4, -0.2) is 17.4 Å². The Bertz CT molecular complexity index is 438. The summed E-state index contributed by atoms with van der Waals surface area (Å²) < 4.78 is 5.23. The number of nitrogens with one attached hydrogen (secondary N) is 1. The minimum atomic E-state index is -0.482. The zero-order valence-corrected chi connectivity index (χ0v) is 13.0. The summed E-state index contributed by atoms with van der Waals surface area (Å²) >= 11 is 4.21. The number of aryl methyl sites for hydroxylation is 2. The van der Waals surface area contributed by atoms with Crippen LogP contribution < -0.4 is 5.32 Å². The van der Waals surface area contributed by atoms with Crippen molar-refractivity contribution in [3.63, 3.8) is 0 Å². The lowest BCUT2D eigenvalue weighted by Gasteiger charge is -2.20. The van der Waals surface area contributed by atoms with Crippen molar-refractivity contribution in [1.29, 1.82) is 0 Å². The van der Waals surface area contributed by atoms with Gasteiger partial charge in [0, 0.05) is 5.69 Å². The third-order valence-corrected chi connectivity index (χ3v) is 2.87. The van der Waals surface area contributed by atoms with E-state index in [9.17, 15) is 4.79 Å². The molecule has 0 aromatic heterocycles. The number of amides is 1. The zero-order valence-electron chi connectivity index (χ0n) is 12.1. The first-order valence-corrected chi connectivity index (χ1v) is 7.15. The monoisotopic (exact) mass is 281 g/mol. The Labute approximate surface area is 121 Å². The van der Waals surface area contributed by atoms with Gasteiger partial charge in [0.05, 0.1) is 0 Å². The van der Waals surface area contributed by atoms with Gasteiger partial charge >= 0.3 is 6.09 Å². The zero-order chi connectivity index (χ0) is 14.5. The van der Waals surface area contributed by atoms with Crippen LogP contribution in [0.15, 0.2) is 18.2 Å². The molecule has 0 bridgehead atoms. The average molecular weight is 281 g/mol. The summed E-state index contributed by atoms with van der Waals surface area (Å²) in [6, 6.07) is 6.05. The number of thiol groups is 1. The fourth-order valence-corrected chi connectivity index (χ4v) is 1.88. The van der Waals surface area contributed by atoms with E-state index in [1.165, 1.54) is 5.56 Å². The standard InChI is InChI=1S/C15H23NO2S/c1-11-10-12(6-5-9-19)7-8-13(11)16-14(17)18-15(2,3)4/h7-8,10,19H,5-6,9H2,1-4H3,(H,16,17). The lowest BCUT2D eigenvalue weighted by Crippen LogP contribution is -2.27. The molecule has 3 nitrogen and oxygen atoms in total. The van der Waals surface area contributed by atoms with Crippen LogP contribution in [0.3, 0.4) is 0 Å². The molecule has 0 aliphatic heterocycles. The van der Waals surface area contributed by atoms with Crippen LogP contribution in [0.25, 0.3) is 0 Å². The quantitative estimate of drug-likeness (QED) is 0.812. The molecule has 0 aliphatic rings. The highest BCUT2D eigenvalue weighted by molar-refractivity contribution is 7.80. The predicted molar refractivity (Wildman–Crippen MR) is 83.2 cm³/mol. The first-order valence-electron chi connectivity index (χ1n) is 6.52. The summed E-state index contributed by atoms with van der Waals surface area (Å²) in [5.41, 5.74) is 2.62. The van der Waals surface area contributed by atoms with Crippen molar-refractivity contribution in [1.82, 2.24) is 0 Å². The van der Waals surface area contributed by atoms with Gasteiger partial charge in [0.25, 0.3) is 0 Å². The molecule has 0 fully saturated rings. The Kier molecular flexibility index (Phi) is 5.73. The van der Waals surface area contributed by atoms with Gasteiger partial charge in [0.1, 0.15) is 5.60 Å². The molecule has 0 unspecified atom stereocenters. The summed E-state index contributed by atoms with van der Waals surface area (Å²) in [7, 11) is 0. The maximum atomic E-state index is 11.7. The molecule has 0 saturated heterocycles. The maximum Gasteiger partial charge on any atom is 0.412 e. The van der Waals surface area contributed by atoms with Crippen LogP contribution in [0.5, 0.6) is 0 Å². The van der Waals surface area contributed by atoms with Gasteiger partial charge in [0.2, 0.25) is 0 Å². The number of ether oxygens (including phenoxy) is 1. The van der Waals surface area contributed by atoms with Crippen LogP contribution in [0.4, 0.5) is 10.5 Å². The van der Waals surface area contributed by atoms with Crippen LogP contribution in [0.2, 0.25) is 0 Å². The van der Waals surface area contributed by atoms with Gasteiger partial charge in [-0.15, -0.1) is 0 Å². The van der Waals surface area contributed by atoms with Crippen LogP contribution >= 0.6 is 12.6 Å². The molecule has 106 valence electrons. The summed E-state index contributed by atoms with van der Waals surface area (Å²) in [6.07, 6.45) is 1.65. The third kappa shape index (κ3) is 6.01. The average Bonchev–Trinajstić information content (AvgIpc) is 2.27. The van der Waals surface area contributed by atoms with Crippen molar-refractivity contribution in [2.24, 2.45) is 0 Å². The first kappa shape index (κ1) is 15.9. The van der Waals surface area contributed by atoms with E-state index in [-0.39, 0.29) is 0 Å². The molecule has 1 amide bonds. The predicted octanol–water partition coefficient (Wildman–Crippen LogP) is 4.20. The van der Waals surface area contributed by atoms with Gasteiger partial charge in [-0.3, -0.25) is 5.32 Å². The fourth-order valence-electron chi connectivity index (χ4n) is 1.72. The fraction of sp³-hybridized carbons (Fsp3) is 0.533. The number of benzene rings is 1. The Hall–Kier alpha value is -1.16. The Morgan fingerprint density at radius 3 is 2.58 bits per heavy atom. The number of hydrogen-bond donors (Lipinski definition) is 2.